The van der Waals surface area contributed by atoms with E-state index in [0.29, 0.717) is 74.1 Å². The number of nitrogens with zero attached hydrogens (tertiary/aromatic N) is 7. The fraction of sp³-hybridized carbons (Fsp3) is 0.378. The summed E-state index contributed by atoms with van der Waals surface area (Å²) in [6, 6.07) is 16.1. The molecule has 0 spiro atoms. The largest absolute Gasteiger partial charge is 0.457 e. The summed E-state index contributed by atoms with van der Waals surface area (Å²) in [5.74, 6) is 0.981. The molecule has 2 amide bonds. The van der Waals surface area contributed by atoms with Crippen LogP contribution in [0.15, 0.2) is 72.6 Å². The van der Waals surface area contributed by atoms with E-state index in [1.54, 1.807) is 47.6 Å². The molecule has 2 N–H and O–H groups in total. The Kier molecular flexibility index (Phi) is 8.54. The van der Waals surface area contributed by atoms with E-state index in [-0.39, 0.29) is 40.7 Å². The van der Waals surface area contributed by atoms with Crippen molar-refractivity contribution in [3.63, 3.8) is 0 Å². The number of nitriles is 1. The maximum Gasteiger partial charge on any atom is 0.264 e. The van der Waals surface area contributed by atoms with Gasteiger partial charge in [0, 0.05) is 80.7 Å². The molecule has 252 valence electrons. The van der Waals surface area contributed by atoms with Crippen LogP contribution in [0, 0.1) is 17.1 Å². The number of ether oxygens (including phenoxy) is 1. The van der Waals surface area contributed by atoms with Gasteiger partial charge in [0.15, 0.2) is 0 Å². The number of hydrogen-bond acceptors (Lipinski definition) is 8. The Balaban J connectivity index is 1.13. The molecule has 2 atom stereocenters. The highest BCUT2D eigenvalue weighted by atomic mass is 19.1. The number of anilines is 1. The molecule has 5 heterocycles. The quantitative estimate of drug-likeness (QED) is 0.212. The number of fused-ring (bicyclic) bond motifs is 2. The normalized spacial score (nSPS) is 20.4. The second kappa shape index (κ2) is 13.0. The number of nitrogen functional groups attached to an aromatic ring is 1. The number of hydrogen-bond donors (Lipinski definition) is 1. The molecule has 12 heteroatoms. The molecule has 0 unspecified atom stereocenters. The van der Waals surface area contributed by atoms with E-state index in [0.717, 1.165) is 12.8 Å². The molecule has 2 aromatic heterocycles. The number of nitrogens with two attached hydrogens (primary N) is 1. The van der Waals surface area contributed by atoms with E-state index in [4.69, 9.17) is 15.5 Å². The number of imidazole rings is 1. The Morgan fingerprint density at radius 1 is 1.10 bits per heavy atom. The molecular weight excluding hydrogens is 623 g/mol. The molecular formula is C37H39FN8O3. The van der Waals surface area contributed by atoms with Crippen molar-refractivity contribution in [2.24, 2.45) is 0 Å². The molecule has 7 rings (SSSR count). The first-order valence-electron chi connectivity index (χ1n) is 16.7. The molecule has 0 radical (unpaired) electrons. The van der Waals surface area contributed by atoms with Crippen molar-refractivity contribution in [3.8, 4) is 28.8 Å². The first-order valence-corrected chi connectivity index (χ1v) is 16.7. The van der Waals surface area contributed by atoms with Crippen LogP contribution in [0.2, 0.25) is 0 Å². The minimum atomic E-state index is -0.557. The molecule has 3 saturated heterocycles. The van der Waals surface area contributed by atoms with Gasteiger partial charge in [-0.15, -0.1) is 0 Å². The second-order valence-corrected chi connectivity index (χ2v) is 13.5. The highest BCUT2D eigenvalue weighted by molar-refractivity contribution is 5.97. The number of piperidine rings is 1. The topological polar surface area (TPSA) is 133 Å². The number of carbonyl (C=O) groups excluding carboxylic acids is 2. The minimum absolute atomic E-state index is 0.0950. The lowest BCUT2D eigenvalue weighted by molar-refractivity contribution is -0.131. The van der Waals surface area contributed by atoms with Crippen LogP contribution < -0.4 is 10.5 Å². The van der Waals surface area contributed by atoms with Gasteiger partial charge in [0.05, 0.1) is 0 Å². The van der Waals surface area contributed by atoms with Gasteiger partial charge in [-0.1, -0.05) is 18.2 Å². The molecule has 3 fully saturated rings. The van der Waals surface area contributed by atoms with Crippen molar-refractivity contribution in [3.05, 3.63) is 84.2 Å². The number of para-hydroxylation sites is 1. The third-order valence-electron chi connectivity index (χ3n) is 10.0. The van der Waals surface area contributed by atoms with E-state index < -0.39 is 11.4 Å². The Bertz CT molecular complexity index is 1980. The average molecular weight is 663 g/mol. The van der Waals surface area contributed by atoms with Gasteiger partial charge in [-0.05, 0) is 63.5 Å². The molecule has 11 nitrogen and oxygen atoms in total. The number of benzene rings is 2. The third-order valence-corrected chi connectivity index (χ3v) is 10.0. The van der Waals surface area contributed by atoms with Gasteiger partial charge < -0.3 is 20.3 Å². The predicted molar refractivity (Wildman–Crippen MR) is 182 cm³/mol. The maximum absolute atomic E-state index is 15.7. The lowest BCUT2D eigenvalue weighted by Gasteiger charge is -2.45. The predicted octanol–water partition coefficient (Wildman–Crippen LogP) is 5.15. The summed E-state index contributed by atoms with van der Waals surface area (Å²) in [5.41, 5.74) is 7.00. The van der Waals surface area contributed by atoms with Gasteiger partial charge in [0.2, 0.25) is 5.91 Å². The van der Waals surface area contributed by atoms with E-state index in [9.17, 15) is 14.9 Å². The number of carbonyl (C=O) groups is 2. The second-order valence-electron chi connectivity index (χ2n) is 13.5. The van der Waals surface area contributed by atoms with E-state index in [1.807, 2.05) is 41.3 Å². The van der Waals surface area contributed by atoms with E-state index in [2.05, 4.69) is 16.0 Å². The third kappa shape index (κ3) is 6.22. The Hall–Kier alpha value is -5.28. The molecule has 0 saturated carbocycles. The van der Waals surface area contributed by atoms with Crippen molar-refractivity contribution in [1.82, 2.24) is 29.1 Å². The summed E-state index contributed by atoms with van der Waals surface area (Å²) in [6.07, 6.45) is 7.98. The molecule has 0 bridgehead atoms. The molecule has 0 aliphatic carbocycles. The van der Waals surface area contributed by atoms with Crippen LogP contribution in [0.4, 0.5) is 10.2 Å². The zero-order chi connectivity index (χ0) is 34.3. The van der Waals surface area contributed by atoms with Gasteiger partial charge in [0.1, 0.15) is 51.8 Å². The molecule has 49 heavy (non-hydrogen) atoms. The van der Waals surface area contributed by atoms with Gasteiger partial charge in [-0.3, -0.25) is 18.9 Å². The summed E-state index contributed by atoms with van der Waals surface area (Å²) < 4.78 is 23.4. The van der Waals surface area contributed by atoms with Crippen molar-refractivity contribution < 1.29 is 18.7 Å². The first kappa shape index (κ1) is 32.3. The Morgan fingerprint density at radius 3 is 2.69 bits per heavy atom. The highest BCUT2D eigenvalue weighted by Gasteiger charge is 2.40. The smallest absolute Gasteiger partial charge is 0.264 e. The van der Waals surface area contributed by atoms with Gasteiger partial charge in [-0.25, -0.2) is 14.4 Å². The fourth-order valence-electron chi connectivity index (χ4n) is 7.46. The standard InChI is InChI=1S/C37H39FN8O3/c1-37(2,44-17-18-45-26(23-44)10-13-31(45)47)20-25(21-39)36(48)43-15-6-7-24(22-43)35-42-32(33-34(40)41-14-16-46(33)35)29-12-11-28(19-30(29)38)49-27-8-4-3-5-9-27/h3-5,8-9,11-12,14,16,19-20,24,26H,6-7,10,13,15,17-18,22-23H2,1-2H3,(H2,40,41)/b25-20-/t24-,26+/m1/s1. The first-order chi connectivity index (χ1) is 23.6. The van der Waals surface area contributed by atoms with Crippen molar-refractivity contribution in [2.45, 2.75) is 57.0 Å². The zero-order valence-electron chi connectivity index (χ0n) is 27.7. The molecule has 3 aliphatic heterocycles. The lowest BCUT2D eigenvalue weighted by Crippen LogP contribution is -2.57. The highest BCUT2D eigenvalue weighted by Crippen LogP contribution is 2.37. The molecule has 4 aromatic rings. The van der Waals surface area contributed by atoms with Crippen LogP contribution in [-0.4, -0.2) is 85.2 Å². The minimum Gasteiger partial charge on any atom is -0.457 e. The van der Waals surface area contributed by atoms with Crippen LogP contribution >= 0.6 is 0 Å². The Labute approximate surface area is 284 Å². The van der Waals surface area contributed by atoms with Gasteiger partial charge in [-0.2, -0.15) is 5.26 Å². The number of likely N-dealkylation sites (tertiary alicyclic amines) is 1. The fourth-order valence-corrected chi connectivity index (χ4v) is 7.46. The van der Waals surface area contributed by atoms with E-state index >= 15 is 4.39 Å². The monoisotopic (exact) mass is 662 g/mol. The summed E-state index contributed by atoms with van der Waals surface area (Å²) in [4.78, 5) is 41.2. The van der Waals surface area contributed by atoms with Crippen LogP contribution in [0.25, 0.3) is 16.8 Å². The average Bonchev–Trinajstić information content (AvgIpc) is 3.68. The number of piperazine rings is 1. The van der Waals surface area contributed by atoms with Gasteiger partial charge in [0.25, 0.3) is 5.91 Å². The summed E-state index contributed by atoms with van der Waals surface area (Å²) in [5, 5.41) is 10.2. The van der Waals surface area contributed by atoms with Crippen LogP contribution in [0.1, 0.15) is 51.3 Å². The number of aromatic nitrogens is 3. The summed E-state index contributed by atoms with van der Waals surface area (Å²) >= 11 is 0. The van der Waals surface area contributed by atoms with E-state index in [1.165, 1.54) is 6.07 Å². The Morgan fingerprint density at radius 2 is 1.92 bits per heavy atom. The maximum atomic E-state index is 15.7. The molecule has 3 aliphatic rings. The number of amides is 2. The van der Waals surface area contributed by atoms with Crippen LogP contribution in [0.3, 0.4) is 0 Å². The zero-order valence-corrected chi connectivity index (χ0v) is 27.7. The SMILES string of the molecule is CC(C)(/C=C(/C#N)C(=O)N1CCC[C@@H](c2nc(-c3ccc(Oc4ccccc4)cc3F)c3c(N)nccn23)C1)N1CCN2C(=O)CC[C@H]2C1. The molecule has 2 aromatic carbocycles. The van der Waals surface area contributed by atoms with Gasteiger partial charge >= 0.3 is 0 Å². The lowest BCUT2D eigenvalue weighted by atomic mass is 9.94. The van der Waals surface area contributed by atoms with Crippen molar-refractivity contribution in [2.75, 3.05) is 38.5 Å². The van der Waals surface area contributed by atoms with Crippen molar-refractivity contribution in [1.29, 1.82) is 5.26 Å². The van der Waals surface area contributed by atoms with Crippen LogP contribution in [0.5, 0.6) is 11.5 Å². The number of halogens is 1. The summed E-state index contributed by atoms with van der Waals surface area (Å²) in [6.45, 7) is 6.92. The van der Waals surface area contributed by atoms with Crippen molar-refractivity contribution >= 4 is 23.1 Å². The summed E-state index contributed by atoms with van der Waals surface area (Å²) in [7, 11) is 0. The van der Waals surface area contributed by atoms with Crippen LogP contribution in [-0.2, 0) is 9.59 Å². The number of rotatable bonds is 7.